The summed E-state index contributed by atoms with van der Waals surface area (Å²) in [5.41, 5.74) is 0.263. The van der Waals surface area contributed by atoms with E-state index in [0.29, 0.717) is 47.6 Å². The van der Waals surface area contributed by atoms with Gasteiger partial charge in [0.05, 0.1) is 20.5 Å². The summed E-state index contributed by atoms with van der Waals surface area (Å²) >= 11 is 12.2. The summed E-state index contributed by atoms with van der Waals surface area (Å²) in [6.45, 7) is 2.11. The summed E-state index contributed by atoms with van der Waals surface area (Å²) in [4.78, 5) is 30.6. The number of nitro groups is 1. The second-order valence-electron chi connectivity index (χ2n) is 5.51. The number of rotatable bonds is 3. The summed E-state index contributed by atoms with van der Waals surface area (Å²) in [5, 5.41) is 11.3. The lowest BCUT2D eigenvalue weighted by Gasteiger charge is -2.35. The standard InChI is InChI=1S/C16H14Cl2N4O3/c17-12-2-1-3-13(18)15(12)16(23)21-8-6-20(7-9-21)14-5-4-11(10-19-14)22(24)25/h1-5,10H,6-9H2. The molecular weight excluding hydrogens is 367 g/mol. The van der Waals surface area contributed by atoms with Gasteiger partial charge in [-0.3, -0.25) is 14.9 Å². The fourth-order valence-corrected chi connectivity index (χ4v) is 3.23. The Hall–Kier alpha value is -2.38. The topological polar surface area (TPSA) is 79.6 Å². The van der Waals surface area contributed by atoms with E-state index < -0.39 is 4.92 Å². The molecule has 1 aliphatic rings. The molecule has 0 unspecified atom stereocenters. The highest BCUT2D eigenvalue weighted by Gasteiger charge is 2.26. The van der Waals surface area contributed by atoms with E-state index in [1.54, 1.807) is 29.2 Å². The Morgan fingerprint density at radius 3 is 2.24 bits per heavy atom. The van der Waals surface area contributed by atoms with Gasteiger partial charge in [-0.05, 0) is 18.2 Å². The Bertz CT molecular complexity index is 785. The first-order valence-corrected chi connectivity index (χ1v) is 8.31. The van der Waals surface area contributed by atoms with Crippen LogP contribution in [0.25, 0.3) is 0 Å². The SMILES string of the molecule is O=C(c1c(Cl)cccc1Cl)N1CCN(c2ccc([N+](=O)[O-])cn2)CC1. The molecule has 1 aromatic carbocycles. The van der Waals surface area contributed by atoms with Crippen molar-refractivity contribution in [2.24, 2.45) is 0 Å². The number of benzene rings is 1. The van der Waals surface area contributed by atoms with Crippen molar-refractivity contribution < 1.29 is 9.72 Å². The zero-order chi connectivity index (χ0) is 18.0. The summed E-state index contributed by atoms with van der Waals surface area (Å²) in [7, 11) is 0. The number of aromatic nitrogens is 1. The van der Waals surface area contributed by atoms with Crippen molar-refractivity contribution in [3.8, 4) is 0 Å². The smallest absolute Gasteiger partial charge is 0.287 e. The third-order valence-electron chi connectivity index (χ3n) is 4.01. The van der Waals surface area contributed by atoms with Crippen molar-refractivity contribution in [2.75, 3.05) is 31.1 Å². The van der Waals surface area contributed by atoms with Crippen molar-refractivity contribution in [1.29, 1.82) is 0 Å². The molecule has 0 bridgehead atoms. The van der Waals surface area contributed by atoms with Crippen molar-refractivity contribution >= 4 is 40.6 Å². The number of carbonyl (C=O) groups excluding carboxylic acids is 1. The van der Waals surface area contributed by atoms with Crippen LogP contribution in [0, 0.1) is 10.1 Å². The van der Waals surface area contributed by atoms with E-state index in [1.165, 1.54) is 12.3 Å². The highest BCUT2D eigenvalue weighted by atomic mass is 35.5. The average Bonchev–Trinajstić information content (AvgIpc) is 2.61. The molecule has 1 fully saturated rings. The lowest BCUT2D eigenvalue weighted by Crippen LogP contribution is -2.49. The van der Waals surface area contributed by atoms with Gasteiger partial charge in [-0.1, -0.05) is 29.3 Å². The molecule has 2 heterocycles. The molecule has 1 aliphatic heterocycles. The molecule has 7 nitrogen and oxygen atoms in total. The largest absolute Gasteiger partial charge is 0.353 e. The van der Waals surface area contributed by atoms with Gasteiger partial charge < -0.3 is 9.80 Å². The second-order valence-corrected chi connectivity index (χ2v) is 6.32. The van der Waals surface area contributed by atoms with Crippen LogP contribution in [0.4, 0.5) is 11.5 Å². The average molecular weight is 381 g/mol. The third kappa shape index (κ3) is 3.67. The van der Waals surface area contributed by atoms with Gasteiger partial charge in [0.2, 0.25) is 0 Å². The number of nitrogens with zero attached hydrogens (tertiary/aromatic N) is 4. The van der Waals surface area contributed by atoms with Crippen LogP contribution < -0.4 is 4.90 Å². The van der Waals surface area contributed by atoms with Gasteiger partial charge >= 0.3 is 0 Å². The van der Waals surface area contributed by atoms with Gasteiger partial charge in [-0.25, -0.2) is 4.98 Å². The third-order valence-corrected chi connectivity index (χ3v) is 4.64. The molecule has 3 rings (SSSR count). The fourth-order valence-electron chi connectivity index (χ4n) is 2.67. The minimum Gasteiger partial charge on any atom is -0.353 e. The summed E-state index contributed by atoms with van der Waals surface area (Å²) in [5.74, 6) is 0.445. The van der Waals surface area contributed by atoms with Crippen LogP contribution in [0.15, 0.2) is 36.5 Å². The molecule has 0 aliphatic carbocycles. The van der Waals surface area contributed by atoms with E-state index in [2.05, 4.69) is 4.98 Å². The molecule has 0 radical (unpaired) electrons. The molecule has 2 aromatic rings. The molecule has 0 atom stereocenters. The molecule has 1 amide bonds. The van der Waals surface area contributed by atoms with Gasteiger partial charge in [-0.2, -0.15) is 0 Å². The van der Waals surface area contributed by atoms with E-state index in [1.807, 2.05) is 4.90 Å². The Kier molecular flexibility index (Phi) is 5.06. The number of piperazine rings is 1. The van der Waals surface area contributed by atoms with Crippen LogP contribution in [0.3, 0.4) is 0 Å². The van der Waals surface area contributed by atoms with Crippen molar-refractivity contribution in [2.45, 2.75) is 0 Å². The highest BCUT2D eigenvalue weighted by molar-refractivity contribution is 6.39. The van der Waals surface area contributed by atoms with Gasteiger partial charge in [0.15, 0.2) is 0 Å². The lowest BCUT2D eigenvalue weighted by molar-refractivity contribution is -0.385. The number of pyridine rings is 1. The van der Waals surface area contributed by atoms with Crippen molar-refractivity contribution in [1.82, 2.24) is 9.88 Å². The van der Waals surface area contributed by atoms with E-state index in [-0.39, 0.29) is 11.6 Å². The van der Waals surface area contributed by atoms with Gasteiger partial charge in [0.25, 0.3) is 11.6 Å². The maximum atomic E-state index is 12.7. The molecule has 25 heavy (non-hydrogen) atoms. The molecular formula is C16H14Cl2N4O3. The Morgan fingerprint density at radius 2 is 1.72 bits per heavy atom. The van der Waals surface area contributed by atoms with Crippen LogP contribution in [0.2, 0.25) is 10.0 Å². The van der Waals surface area contributed by atoms with Crippen LogP contribution in [0.1, 0.15) is 10.4 Å². The molecule has 130 valence electrons. The van der Waals surface area contributed by atoms with E-state index >= 15 is 0 Å². The maximum Gasteiger partial charge on any atom is 0.287 e. The van der Waals surface area contributed by atoms with E-state index in [4.69, 9.17) is 23.2 Å². The van der Waals surface area contributed by atoms with E-state index in [9.17, 15) is 14.9 Å². The highest BCUT2D eigenvalue weighted by Crippen LogP contribution is 2.26. The van der Waals surface area contributed by atoms with E-state index in [0.717, 1.165) is 0 Å². The molecule has 9 heteroatoms. The van der Waals surface area contributed by atoms with Gasteiger partial charge in [-0.15, -0.1) is 0 Å². The predicted molar refractivity (Wildman–Crippen MR) is 95.5 cm³/mol. The monoisotopic (exact) mass is 380 g/mol. The zero-order valence-corrected chi connectivity index (χ0v) is 14.6. The minimum atomic E-state index is -0.485. The van der Waals surface area contributed by atoms with Crippen molar-refractivity contribution in [3.05, 3.63) is 62.3 Å². The molecule has 0 saturated carbocycles. The van der Waals surface area contributed by atoms with Crippen LogP contribution in [-0.2, 0) is 0 Å². The number of amides is 1. The number of halogens is 2. The lowest BCUT2D eigenvalue weighted by atomic mass is 10.1. The number of hydrogen-bond donors (Lipinski definition) is 0. The number of hydrogen-bond acceptors (Lipinski definition) is 5. The second kappa shape index (κ2) is 7.25. The van der Waals surface area contributed by atoms with Gasteiger partial charge in [0.1, 0.15) is 12.0 Å². The number of anilines is 1. The summed E-state index contributed by atoms with van der Waals surface area (Å²) in [6.07, 6.45) is 1.23. The summed E-state index contributed by atoms with van der Waals surface area (Å²) < 4.78 is 0. The summed E-state index contributed by atoms with van der Waals surface area (Å²) in [6, 6.07) is 8.00. The van der Waals surface area contributed by atoms with Crippen LogP contribution in [0.5, 0.6) is 0 Å². The zero-order valence-electron chi connectivity index (χ0n) is 13.1. The van der Waals surface area contributed by atoms with Gasteiger partial charge in [0, 0.05) is 32.2 Å². The first-order chi connectivity index (χ1) is 12.0. The normalized spacial score (nSPS) is 14.5. The Morgan fingerprint density at radius 1 is 1.08 bits per heavy atom. The maximum absolute atomic E-state index is 12.7. The quantitative estimate of drug-likeness (QED) is 0.602. The Labute approximate surface area is 153 Å². The molecule has 0 spiro atoms. The molecule has 1 aromatic heterocycles. The number of carbonyl (C=O) groups is 1. The first kappa shape index (κ1) is 17.4. The first-order valence-electron chi connectivity index (χ1n) is 7.56. The molecule has 1 saturated heterocycles. The predicted octanol–water partition coefficient (Wildman–Crippen LogP) is 3.26. The fraction of sp³-hybridized carbons (Fsp3) is 0.250. The van der Waals surface area contributed by atoms with Crippen LogP contribution >= 0.6 is 23.2 Å². The molecule has 0 N–H and O–H groups in total. The van der Waals surface area contributed by atoms with Crippen molar-refractivity contribution in [3.63, 3.8) is 0 Å². The Balaban J connectivity index is 1.67. The van der Waals surface area contributed by atoms with Crippen LogP contribution in [-0.4, -0.2) is 46.9 Å². The minimum absolute atomic E-state index is 0.0501.